The summed E-state index contributed by atoms with van der Waals surface area (Å²) in [6.07, 6.45) is 3.27. The smallest absolute Gasteiger partial charge is 0.123 e. The highest BCUT2D eigenvalue weighted by molar-refractivity contribution is 5.85. The largest absolute Gasteiger partial charge is 0.399 e. The minimum absolute atomic E-state index is 0. The average molecular weight is 197 g/mol. The fourth-order valence-electron chi connectivity index (χ4n) is 1.02. The Kier molecular flexibility index (Phi) is 2.87. The Morgan fingerprint density at radius 1 is 1.15 bits per heavy atom. The standard InChI is InChI=1S/C8H8N4.ClH/c9-7-2-1-3-8(4-7)12-5-10-11-6-12;/h1-6H,9H2;1H. The molecule has 2 aromatic rings. The van der Waals surface area contributed by atoms with Gasteiger partial charge in [0.05, 0.1) is 5.69 Å². The topological polar surface area (TPSA) is 56.7 Å². The molecule has 0 aliphatic carbocycles. The van der Waals surface area contributed by atoms with Gasteiger partial charge in [0.2, 0.25) is 0 Å². The Balaban J connectivity index is 0.000000845. The van der Waals surface area contributed by atoms with Crippen LogP contribution in [0.1, 0.15) is 0 Å². The Morgan fingerprint density at radius 3 is 2.46 bits per heavy atom. The van der Waals surface area contributed by atoms with Crippen LogP contribution in [0.5, 0.6) is 0 Å². The molecular weight excluding hydrogens is 188 g/mol. The Hall–Kier alpha value is -1.55. The number of benzene rings is 1. The van der Waals surface area contributed by atoms with Crippen molar-refractivity contribution in [2.45, 2.75) is 0 Å². The van der Waals surface area contributed by atoms with Gasteiger partial charge in [-0.15, -0.1) is 22.6 Å². The average Bonchev–Trinajstić information content (AvgIpc) is 2.56. The highest BCUT2D eigenvalue weighted by atomic mass is 35.5. The highest BCUT2D eigenvalue weighted by Crippen LogP contribution is 2.09. The summed E-state index contributed by atoms with van der Waals surface area (Å²) in [6.45, 7) is 0. The van der Waals surface area contributed by atoms with E-state index in [0.29, 0.717) is 0 Å². The van der Waals surface area contributed by atoms with Crippen molar-refractivity contribution in [3.05, 3.63) is 36.9 Å². The molecule has 0 saturated carbocycles. The van der Waals surface area contributed by atoms with Gasteiger partial charge in [-0.1, -0.05) is 6.07 Å². The van der Waals surface area contributed by atoms with Crippen molar-refractivity contribution in [1.82, 2.24) is 14.8 Å². The van der Waals surface area contributed by atoms with E-state index in [9.17, 15) is 0 Å². The molecule has 0 amide bonds. The summed E-state index contributed by atoms with van der Waals surface area (Å²) >= 11 is 0. The summed E-state index contributed by atoms with van der Waals surface area (Å²) in [5.74, 6) is 0. The van der Waals surface area contributed by atoms with Crippen LogP contribution in [0.2, 0.25) is 0 Å². The van der Waals surface area contributed by atoms with Gasteiger partial charge in [-0.25, -0.2) is 0 Å². The molecule has 4 nitrogen and oxygen atoms in total. The second kappa shape index (κ2) is 3.91. The van der Waals surface area contributed by atoms with Gasteiger partial charge in [-0.2, -0.15) is 0 Å². The van der Waals surface area contributed by atoms with Crippen LogP contribution < -0.4 is 5.73 Å². The molecule has 1 aromatic carbocycles. The maximum Gasteiger partial charge on any atom is 0.123 e. The van der Waals surface area contributed by atoms with Gasteiger partial charge in [-0.05, 0) is 18.2 Å². The summed E-state index contributed by atoms with van der Waals surface area (Å²) in [6, 6.07) is 7.54. The molecule has 0 atom stereocenters. The summed E-state index contributed by atoms with van der Waals surface area (Å²) in [5.41, 5.74) is 7.32. The zero-order valence-corrected chi connectivity index (χ0v) is 7.61. The van der Waals surface area contributed by atoms with Gasteiger partial charge in [0, 0.05) is 5.69 Å². The molecule has 0 aliphatic rings. The number of aromatic nitrogens is 3. The number of nitrogens with two attached hydrogens (primary N) is 1. The van der Waals surface area contributed by atoms with Gasteiger partial charge in [0.15, 0.2) is 0 Å². The number of nitrogen functional groups attached to an aromatic ring is 1. The maximum absolute atomic E-state index is 5.61. The molecule has 1 aromatic heterocycles. The summed E-state index contributed by atoms with van der Waals surface area (Å²) in [7, 11) is 0. The number of nitrogens with zero attached hydrogens (tertiary/aromatic N) is 3. The van der Waals surface area contributed by atoms with E-state index in [1.54, 1.807) is 17.2 Å². The fourth-order valence-corrected chi connectivity index (χ4v) is 1.02. The molecule has 0 unspecified atom stereocenters. The second-order valence-electron chi connectivity index (χ2n) is 2.46. The highest BCUT2D eigenvalue weighted by Gasteiger charge is 1.94. The molecular formula is C8H9ClN4. The quantitative estimate of drug-likeness (QED) is 0.699. The monoisotopic (exact) mass is 196 g/mol. The molecule has 0 saturated heterocycles. The molecule has 68 valence electrons. The second-order valence-corrected chi connectivity index (χ2v) is 2.46. The van der Waals surface area contributed by atoms with Crippen LogP contribution in [0.15, 0.2) is 36.9 Å². The lowest BCUT2D eigenvalue weighted by Crippen LogP contribution is -1.91. The van der Waals surface area contributed by atoms with E-state index < -0.39 is 0 Å². The van der Waals surface area contributed by atoms with Gasteiger partial charge in [0.25, 0.3) is 0 Å². The Morgan fingerprint density at radius 2 is 1.85 bits per heavy atom. The molecule has 0 spiro atoms. The van der Waals surface area contributed by atoms with Crippen molar-refractivity contribution in [3.8, 4) is 5.69 Å². The van der Waals surface area contributed by atoms with Crippen LogP contribution in [0.25, 0.3) is 5.69 Å². The van der Waals surface area contributed by atoms with E-state index in [2.05, 4.69) is 10.2 Å². The lowest BCUT2D eigenvalue weighted by atomic mass is 10.3. The van der Waals surface area contributed by atoms with E-state index in [4.69, 9.17) is 5.73 Å². The van der Waals surface area contributed by atoms with E-state index in [1.807, 2.05) is 24.3 Å². The Labute approximate surface area is 81.8 Å². The first kappa shape index (κ1) is 9.54. The molecule has 5 heteroatoms. The molecule has 0 aliphatic heterocycles. The van der Waals surface area contributed by atoms with Crippen LogP contribution in [0.4, 0.5) is 5.69 Å². The SMILES string of the molecule is Cl.Nc1cccc(-n2cnnc2)c1. The lowest BCUT2D eigenvalue weighted by molar-refractivity contribution is 1.06. The molecule has 0 fully saturated rings. The van der Waals surface area contributed by atoms with Gasteiger partial charge in [0.1, 0.15) is 12.7 Å². The molecule has 0 radical (unpaired) electrons. The molecule has 2 rings (SSSR count). The summed E-state index contributed by atoms with van der Waals surface area (Å²) in [4.78, 5) is 0. The maximum atomic E-state index is 5.61. The molecule has 0 bridgehead atoms. The van der Waals surface area contributed by atoms with Crippen LogP contribution in [-0.4, -0.2) is 14.8 Å². The number of hydrogen-bond donors (Lipinski definition) is 1. The molecule has 1 heterocycles. The third kappa shape index (κ3) is 1.97. The zero-order chi connectivity index (χ0) is 8.39. The van der Waals surface area contributed by atoms with E-state index >= 15 is 0 Å². The van der Waals surface area contributed by atoms with E-state index in [-0.39, 0.29) is 12.4 Å². The third-order valence-corrected chi connectivity index (χ3v) is 1.59. The minimum Gasteiger partial charge on any atom is -0.399 e. The van der Waals surface area contributed by atoms with Crippen LogP contribution in [-0.2, 0) is 0 Å². The van der Waals surface area contributed by atoms with Crippen LogP contribution in [0.3, 0.4) is 0 Å². The first-order valence-corrected chi connectivity index (χ1v) is 3.57. The molecule has 2 N–H and O–H groups in total. The minimum atomic E-state index is 0. The van der Waals surface area contributed by atoms with Crippen molar-refractivity contribution in [3.63, 3.8) is 0 Å². The number of rotatable bonds is 1. The van der Waals surface area contributed by atoms with Gasteiger partial charge >= 0.3 is 0 Å². The van der Waals surface area contributed by atoms with Crippen molar-refractivity contribution >= 4 is 18.1 Å². The van der Waals surface area contributed by atoms with E-state index in [0.717, 1.165) is 11.4 Å². The first-order valence-electron chi connectivity index (χ1n) is 3.57. The fraction of sp³-hybridized carbons (Fsp3) is 0. The number of hydrogen-bond acceptors (Lipinski definition) is 3. The first-order chi connectivity index (χ1) is 5.86. The number of anilines is 1. The Bertz CT molecular complexity index is 371. The van der Waals surface area contributed by atoms with Crippen molar-refractivity contribution in [2.24, 2.45) is 0 Å². The van der Waals surface area contributed by atoms with E-state index in [1.165, 1.54) is 0 Å². The predicted octanol–water partition coefficient (Wildman–Crippen LogP) is 1.27. The summed E-state index contributed by atoms with van der Waals surface area (Å²) < 4.78 is 1.80. The van der Waals surface area contributed by atoms with Crippen LogP contribution in [0, 0.1) is 0 Å². The third-order valence-electron chi connectivity index (χ3n) is 1.59. The zero-order valence-electron chi connectivity index (χ0n) is 6.79. The molecule has 13 heavy (non-hydrogen) atoms. The predicted molar refractivity (Wildman–Crippen MR) is 53.0 cm³/mol. The van der Waals surface area contributed by atoms with Gasteiger partial charge < -0.3 is 5.73 Å². The van der Waals surface area contributed by atoms with Crippen molar-refractivity contribution in [2.75, 3.05) is 5.73 Å². The normalized spacial score (nSPS) is 9.23. The van der Waals surface area contributed by atoms with Gasteiger partial charge in [-0.3, -0.25) is 4.57 Å². The van der Waals surface area contributed by atoms with Crippen LogP contribution >= 0.6 is 12.4 Å². The summed E-state index contributed by atoms with van der Waals surface area (Å²) in [5, 5.41) is 7.40. The number of halogens is 1. The lowest BCUT2D eigenvalue weighted by Gasteiger charge is -2.00. The van der Waals surface area contributed by atoms with Crippen molar-refractivity contribution < 1.29 is 0 Å². The van der Waals surface area contributed by atoms with Crippen molar-refractivity contribution in [1.29, 1.82) is 0 Å².